The smallest absolute Gasteiger partial charge is 0.251 e. The highest BCUT2D eigenvalue weighted by atomic mass is 32.1. The van der Waals surface area contributed by atoms with Crippen LogP contribution in [0, 0.1) is 13.8 Å². The molecule has 0 radical (unpaired) electrons. The molecule has 1 aromatic heterocycles. The molecule has 0 unspecified atom stereocenters. The number of fused-ring (bicyclic) bond motifs is 1. The van der Waals surface area contributed by atoms with Gasteiger partial charge in [0.05, 0.1) is 5.56 Å². The van der Waals surface area contributed by atoms with Gasteiger partial charge < -0.3 is 11.1 Å². The number of benzene rings is 2. The number of carbonyl (C=O) groups excluding carboxylic acids is 2. The van der Waals surface area contributed by atoms with Crippen molar-refractivity contribution in [2.24, 2.45) is 5.73 Å². The number of nitrogens with one attached hydrogen (secondary N) is 1. The zero-order chi connectivity index (χ0) is 18.0. The highest BCUT2D eigenvalue weighted by molar-refractivity contribution is 7.16. The van der Waals surface area contributed by atoms with Gasteiger partial charge in [-0.25, -0.2) is 0 Å². The van der Waals surface area contributed by atoms with Crippen molar-refractivity contribution >= 4 is 45.0 Å². The molecule has 3 aromatic rings. The van der Waals surface area contributed by atoms with Gasteiger partial charge in [0.25, 0.3) is 5.91 Å². The lowest BCUT2D eigenvalue weighted by Crippen LogP contribution is -2.16. The summed E-state index contributed by atoms with van der Waals surface area (Å²) in [6.45, 7) is 3.72. The molecule has 0 aliphatic heterocycles. The van der Waals surface area contributed by atoms with Crippen molar-refractivity contribution in [1.29, 1.82) is 0 Å². The second-order valence-electron chi connectivity index (χ2n) is 5.74. The molecule has 4 nitrogen and oxygen atoms in total. The summed E-state index contributed by atoms with van der Waals surface area (Å²) in [6.07, 6.45) is 3.24. The van der Waals surface area contributed by atoms with Gasteiger partial charge in [0, 0.05) is 11.0 Å². The number of thiophene rings is 1. The van der Waals surface area contributed by atoms with E-state index in [9.17, 15) is 9.59 Å². The van der Waals surface area contributed by atoms with Crippen molar-refractivity contribution in [2.45, 2.75) is 13.8 Å². The second-order valence-corrected chi connectivity index (χ2v) is 6.97. The van der Waals surface area contributed by atoms with Crippen molar-refractivity contribution in [3.05, 3.63) is 70.1 Å². The molecule has 0 atom stereocenters. The zero-order valence-corrected chi connectivity index (χ0v) is 14.8. The van der Waals surface area contributed by atoms with Crippen LogP contribution in [-0.2, 0) is 4.79 Å². The minimum atomic E-state index is -0.532. The Morgan fingerprint density at radius 1 is 1.08 bits per heavy atom. The van der Waals surface area contributed by atoms with E-state index in [0.717, 1.165) is 26.8 Å². The maximum Gasteiger partial charge on any atom is 0.251 e. The fourth-order valence-corrected chi connectivity index (χ4v) is 3.80. The zero-order valence-electron chi connectivity index (χ0n) is 14.0. The molecule has 2 amide bonds. The highest BCUT2D eigenvalue weighted by Crippen LogP contribution is 2.32. The number of nitrogens with two attached hydrogens (primary N) is 1. The van der Waals surface area contributed by atoms with Crippen LogP contribution in [-0.4, -0.2) is 11.8 Å². The number of amides is 2. The predicted molar refractivity (Wildman–Crippen MR) is 104 cm³/mol. The molecule has 2 aromatic carbocycles. The number of aryl methyl sites for hydroxylation is 1. The molecule has 0 bridgehead atoms. The summed E-state index contributed by atoms with van der Waals surface area (Å²) in [5.74, 6) is -0.827. The molecule has 0 fully saturated rings. The van der Waals surface area contributed by atoms with Crippen LogP contribution in [0.3, 0.4) is 0 Å². The third-order valence-electron chi connectivity index (χ3n) is 4.11. The number of rotatable bonds is 4. The van der Waals surface area contributed by atoms with Gasteiger partial charge in [-0.05, 0) is 41.8 Å². The predicted octanol–water partition coefficient (Wildman–Crippen LogP) is 4.27. The summed E-state index contributed by atoms with van der Waals surface area (Å²) in [7, 11) is 0. The molecular weight excluding hydrogens is 332 g/mol. The van der Waals surface area contributed by atoms with Gasteiger partial charge in [-0.2, -0.15) is 0 Å². The first kappa shape index (κ1) is 16.9. The number of primary amides is 1. The van der Waals surface area contributed by atoms with Crippen molar-refractivity contribution < 1.29 is 9.59 Å². The molecule has 0 saturated heterocycles. The van der Waals surface area contributed by atoms with Gasteiger partial charge in [-0.15, -0.1) is 11.3 Å². The number of carbonyl (C=O) groups is 2. The Balaban J connectivity index is 1.85. The van der Waals surface area contributed by atoms with Gasteiger partial charge in [0.1, 0.15) is 5.00 Å². The Hall–Kier alpha value is -2.92. The summed E-state index contributed by atoms with van der Waals surface area (Å²) in [6, 6.07) is 13.9. The van der Waals surface area contributed by atoms with E-state index >= 15 is 0 Å². The lowest BCUT2D eigenvalue weighted by Gasteiger charge is -2.03. The van der Waals surface area contributed by atoms with E-state index < -0.39 is 5.91 Å². The van der Waals surface area contributed by atoms with E-state index in [4.69, 9.17) is 5.73 Å². The van der Waals surface area contributed by atoms with Crippen LogP contribution in [0.4, 0.5) is 5.00 Å². The Labute approximate surface area is 150 Å². The molecule has 0 aliphatic carbocycles. The van der Waals surface area contributed by atoms with E-state index in [0.29, 0.717) is 10.6 Å². The molecule has 0 spiro atoms. The van der Waals surface area contributed by atoms with Crippen LogP contribution in [0.1, 0.15) is 26.4 Å². The van der Waals surface area contributed by atoms with E-state index in [1.165, 1.54) is 17.4 Å². The largest absolute Gasteiger partial charge is 0.365 e. The minimum absolute atomic E-state index is 0.295. The average molecular weight is 350 g/mol. The van der Waals surface area contributed by atoms with E-state index in [2.05, 4.69) is 5.32 Å². The number of hydrogen-bond acceptors (Lipinski definition) is 3. The van der Waals surface area contributed by atoms with Gasteiger partial charge >= 0.3 is 0 Å². The molecule has 3 rings (SSSR count). The fourth-order valence-electron chi connectivity index (χ4n) is 2.73. The minimum Gasteiger partial charge on any atom is -0.365 e. The van der Waals surface area contributed by atoms with Gasteiger partial charge in [0.15, 0.2) is 0 Å². The van der Waals surface area contributed by atoms with Crippen LogP contribution in [0.25, 0.3) is 16.8 Å². The van der Waals surface area contributed by atoms with E-state index in [1.54, 1.807) is 6.08 Å². The number of hydrogen-bond donors (Lipinski definition) is 2. The lowest BCUT2D eigenvalue weighted by atomic mass is 10.0. The summed E-state index contributed by atoms with van der Waals surface area (Å²) >= 11 is 1.36. The van der Waals surface area contributed by atoms with Gasteiger partial charge in [0.2, 0.25) is 5.91 Å². The second kappa shape index (κ2) is 6.91. The molecule has 0 aliphatic rings. The van der Waals surface area contributed by atoms with Crippen LogP contribution in [0.5, 0.6) is 0 Å². The van der Waals surface area contributed by atoms with Crippen LogP contribution >= 0.6 is 11.3 Å². The lowest BCUT2D eigenvalue weighted by molar-refractivity contribution is -0.111. The topological polar surface area (TPSA) is 72.2 Å². The van der Waals surface area contributed by atoms with E-state index in [1.807, 2.05) is 56.3 Å². The molecular formula is C20H18N2O2S. The Morgan fingerprint density at radius 2 is 1.80 bits per heavy atom. The average Bonchev–Trinajstić information content (AvgIpc) is 2.86. The molecule has 1 heterocycles. The summed E-state index contributed by atoms with van der Waals surface area (Å²) in [5, 5.41) is 5.45. The SMILES string of the molecule is Cc1sc(NC(=O)/C=C/c2cccc3ccccc23)c(C(N)=O)c1C. The number of anilines is 1. The van der Waals surface area contributed by atoms with Crippen LogP contribution in [0.2, 0.25) is 0 Å². The van der Waals surface area contributed by atoms with Gasteiger partial charge in [-0.3, -0.25) is 9.59 Å². The Kier molecular flexibility index (Phi) is 4.67. The van der Waals surface area contributed by atoms with Crippen LogP contribution in [0.15, 0.2) is 48.5 Å². The summed E-state index contributed by atoms with van der Waals surface area (Å²) in [5.41, 5.74) is 7.58. The molecule has 126 valence electrons. The third kappa shape index (κ3) is 3.46. The van der Waals surface area contributed by atoms with Crippen molar-refractivity contribution in [3.8, 4) is 0 Å². The first-order valence-corrected chi connectivity index (χ1v) is 8.65. The van der Waals surface area contributed by atoms with Crippen LogP contribution < -0.4 is 11.1 Å². The summed E-state index contributed by atoms with van der Waals surface area (Å²) < 4.78 is 0. The van der Waals surface area contributed by atoms with Crippen molar-refractivity contribution in [3.63, 3.8) is 0 Å². The molecule has 5 heteroatoms. The maximum atomic E-state index is 12.3. The van der Waals surface area contributed by atoms with Crippen molar-refractivity contribution in [1.82, 2.24) is 0 Å². The Bertz CT molecular complexity index is 997. The molecule has 25 heavy (non-hydrogen) atoms. The Morgan fingerprint density at radius 3 is 2.56 bits per heavy atom. The maximum absolute atomic E-state index is 12.3. The molecule has 3 N–H and O–H groups in total. The normalized spacial score (nSPS) is 11.1. The standard InChI is InChI=1S/C20H18N2O2S/c1-12-13(2)25-20(18(12)19(21)24)22-17(23)11-10-15-8-5-7-14-6-3-4-9-16(14)15/h3-11H,1-2H3,(H2,21,24)(H,22,23)/b11-10+. The monoisotopic (exact) mass is 350 g/mol. The quantitative estimate of drug-likeness (QED) is 0.690. The van der Waals surface area contributed by atoms with Gasteiger partial charge in [-0.1, -0.05) is 42.5 Å². The van der Waals surface area contributed by atoms with E-state index in [-0.39, 0.29) is 5.91 Å². The third-order valence-corrected chi connectivity index (χ3v) is 5.23. The molecule has 0 saturated carbocycles. The van der Waals surface area contributed by atoms with Crippen molar-refractivity contribution in [2.75, 3.05) is 5.32 Å². The highest BCUT2D eigenvalue weighted by Gasteiger charge is 2.18. The summed E-state index contributed by atoms with van der Waals surface area (Å²) in [4.78, 5) is 24.9. The fraction of sp³-hybridized carbons (Fsp3) is 0.100. The first-order valence-electron chi connectivity index (χ1n) is 7.84. The first-order chi connectivity index (χ1) is 12.0.